The maximum absolute atomic E-state index is 7.83. The summed E-state index contributed by atoms with van der Waals surface area (Å²) in [7, 11) is 0. The minimum absolute atomic E-state index is 0. The molecule has 133 heavy (non-hydrogen) atoms. The van der Waals surface area contributed by atoms with Crippen molar-refractivity contribution in [1.29, 1.82) is 0 Å². The average Bonchev–Trinajstić information content (AvgIpc) is 0.999. The second-order valence-electron chi connectivity index (χ2n) is 34.7. The molecule has 0 radical (unpaired) electrons. The number of hydrogen-bond acceptors (Lipinski definition) is 24. The number of hydrogen-bond donors (Lipinski definition) is 0. The Morgan fingerprint density at radius 3 is 0.233 bits per heavy atom. The minimum atomic E-state index is 0. The molecule has 0 aromatic rings. The van der Waals surface area contributed by atoms with E-state index < -0.39 is 0 Å². The van der Waals surface area contributed by atoms with Gasteiger partial charge in [-0.25, -0.2) is 0 Å². The molecule has 0 spiro atoms. The first-order valence-corrected chi connectivity index (χ1v) is 60.0. The topological polar surface area (TPSA) is 122 Å². The van der Waals surface area contributed by atoms with Gasteiger partial charge in [-0.2, -0.15) is 25.3 Å². The van der Waals surface area contributed by atoms with Crippen LogP contribution in [0.2, 0.25) is 0 Å². The third-order valence-electron chi connectivity index (χ3n) is 22.9. The van der Waals surface area contributed by atoms with Crippen LogP contribution >= 0.6 is 73.3 Å². The predicted octanol–water partition coefficient (Wildman–Crippen LogP) is 33.0. The average molecular weight is 2280 g/mol. The van der Waals surface area contributed by atoms with E-state index in [2.05, 4.69) is 188 Å². The molecule has 0 saturated heterocycles. The molecule has 0 aliphatic carbocycles. The maximum atomic E-state index is 7.83. The molecule has 0 heterocycles. The molecule has 0 atom stereocenters. The van der Waals surface area contributed by atoms with Crippen molar-refractivity contribution in [2.45, 2.75) is 545 Å². The molecule has 0 rings (SSSR count). The molecule has 0 aromatic heterocycles. The SMILES string of the molecule is CCCCCCCCN(CCCCCCCC)C(=S)[S-].CCCCCCCCN(CCCCCCCC)C(=S)[S-].CCCCCCCCN(CCCCCCCC)C(=S)[S-].CCCCCCCCN(CCCCCCCC)C(=S)[S-].CCCCCCCCN(CCCCCCCC)C(=S)[S-].CCCCCCCCN(CCCCCCCC)C(=S)[S-].O=S.O=S.O=S.O=S.O=S.O=S.[Mo]. The van der Waals surface area contributed by atoms with Gasteiger partial charge in [-0.15, -0.1) is 0 Å². The van der Waals surface area contributed by atoms with Crippen LogP contribution in [0.5, 0.6) is 0 Å². The van der Waals surface area contributed by atoms with E-state index in [0.29, 0.717) is 25.9 Å². The Labute approximate surface area is 939 Å². The van der Waals surface area contributed by atoms with Gasteiger partial charge in [-0.1, -0.05) is 494 Å². The van der Waals surface area contributed by atoms with Gasteiger partial charge in [0.2, 0.25) is 0 Å². The van der Waals surface area contributed by atoms with Crippen LogP contribution in [0, 0.1) is 0 Å². The normalized spacial score (nSPS) is 9.83. The summed E-state index contributed by atoms with van der Waals surface area (Å²) in [6, 6.07) is 0. The summed E-state index contributed by atoms with van der Waals surface area (Å²) >= 11 is 79.4. The Kier molecular flexibility index (Phi) is 194. The van der Waals surface area contributed by atoms with E-state index in [1.165, 1.54) is 462 Å². The van der Waals surface area contributed by atoms with Gasteiger partial charge in [0.1, 0.15) is 0 Å². The van der Waals surface area contributed by atoms with Crippen molar-refractivity contribution in [3.63, 3.8) is 0 Å². The largest absolute Gasteiger partial charge is 0.411 e. The van der Waals surface area contributed by atoms with Crippen LogP contribution in [0.15, 0.2) is 0 Å². The van der Waals surface area contributed by atoms with E-state index >= 15 is 0 Å². The predicted molar refractivity (Wildman–Crippen MR) is 639 cm³/mol. The summed E-state index contributed by atoms with van der Waals surface area (Å²) in [4.78, 5) is 13.4. The van der Waals surface area contributed by atoms with E-state index in [1.54, 1.807) is 0 Å². The molecule has 0 aromatic carbocycles. The van der Waals surface area contributed by atoms with Crippen LogP contribution in [0.25, 0.3) is 0 Å². The van der Waals surface area contributed by atoms with E-state index in [1.807, 2.05) is 0 Å². The number of unbranched alkanes of at least 4 members (excludes halogenated alkanes) is 60. The van der Waals surface area contributed by atoms with E-state index in [-0.39, 0.29) is 21.1 Å². The van der Waals surface area contributed by atoms with Crippen LogP contribution in [-0.2, 0) is 172 Å². The summed E-state index contributed by atoms with van der Waals surface area (Å²) in [6.07, 6.45) is 96.1. The molecule has 0 amide bonds. The molecule has 0 N–H and O–H groups in total. The van der Waals surface area contributed by atoms with E-state index in [0.717, 1.165) is 78.5 Å². The summed E-state index contributed by atoms with van der Waals surface area (Å²) in [5.41, 5.74) is 0. The quantitative estimate of drug-likeness (QED) is 0.0248. The Hall–Kier alpha value is 1.47. The summed E-state index contributed by atoms with van der Waals surface area (Å²) < 4.78 is 51.0. The van der Waals surface area contributed by atoms with Crippen LogP contribution in [-0.4, -0.2) is 159 Å². The number of thiocarbonyl (C=S) groups is 6. The maximum Gasteiger partial charge on any atom is 0.197 e. The summed E-state index contributed by atoms with van der Waals surface area (Å²) in [6.45, 7) is 40.0. The van der Waals surface area contributed by atoms with Gasteiger partial charge in [0, 0.05) is 99.6 Å². The Morgan fingerprint density at radius 2 is 0.180 bits per heavy atom. The molecule has 0 fully saturated rings. The first kappa shape index (κ1) is 162. The van der Waals surface area contributed by atoms with Gasteiger partial charge in [-0.3, -0.25) is 0 Å². The van der Waals surface area contributed by atoms with E-state index in [4.69, 9.17) is 174 Å². The fourth-order valence-electron chi connectivity index (χ4n) is 14.8. The van der Waals surface area contributed by atoms with Crippen molar-refractivity contribution in [2.75, 3.05) is 78.5 Å². The molecular formula is C102H204MoN6O6S18-6. The second kappa shape index (κ2) is 159. The molecule has 0 aliphatic heterocycles. The van der Waals surface area contributed by atoms with Crippen LogP contribution in [0.3, 0.4) is 0 Å². The fraction of sp³-hybridized carbons (Fsp3) is 0.941. The first-order valence-electron chi connectivity index (χ1n) is 53.1. The van der Waals surface area contributed by atoms with Crippen molar-refractivity contribution in [1.82, 2.24) is 29.4 Å². The zero-order valence-electron chi connectivity index (χ0n) is 87.3. The minimum Gasteiger partial charge on any atom is -0.411 e. The van der Waals surface area contributed by atoms with Crippen LogP contribution in [0.1, 0.15) is 545 Å². The molecular weight excluding hydrogens is 2080 g/mol. The molecule has 798 valence electrons. The fourth-order valence-corrected chi connectivity index (χ4v) is 17.0. The van der Waals surface area contributed by atoms with Gasteiger partial charge < -0.3 is 178 Å². The molecule has 0 bridgehead atoms. The Balaban J connectivity index is -0.000000115. The summed E-state index contributed by atoms with van der Waals surface area (Å²) in [5, 5.41) is 0. The van der Waals surface area contributed by atoms with Crippen molar-refractivity contribution >= 4 is 250 Å². The van der Waals surface area contributed by atoms with Gasteiger partial charge >= 0.3 is 0 Å². The zero-order valence-corrected chi connectivity index (χ0v) is 104. The first-order chi connectivity index (χ1) is 64.3. The standard InChI is InChI=1S/6C17H35NS2.Mo.6OS/c6*1-3-5-7-9-11-13-15-18(17(19)20)16-14-12-10-8-6-4-2;;6*1-2/h6*3-16H2,1-2H3,(H,19,20);;;;;;;/p-6. The zero-order chi connectivity index (χ0) is 102. The van der Waals surface area contributed by atoms with Gasteiger partial charge in [0.05, 0.1) is 0 Å². The van der Waals surface area contributed by atoms with Crippen LogP contribution < -0.4 is 0 Å². The van der Waals surface area contributed by atoms with Crippen molar-refractivity contribution in [3.05, 3.63) is 0 Å². The smallest absolute Gasteiger partial charge is 0.197 e. The number of nitrogens with zero attached hydrogens (tertiary/aromatic N) is 6. The summed E-state index contributed by atoms with van der Waals surface area (Å²) in [5.74, 6) is 0. The number of rotatable bonds is 84. The molecule has 0 saturated carbocycles. The third kappa shape index (κ3) is 156. The van der Waals surface area contributed by atoms with Crippen molar-refractivity contribution in [3.8, 4) is 0 Å². The Morgan fingerprint density at radius 1 is 0.128 bits per heavy atom. The molecule has 31 heteroatoms. The Bertz CT molecular complexity index is 1720. The van der Waals surface area contributed by atoms with Crippen molar-refractivity contribution in [2.24, 2.45) is 0 Å². The van der Waals surface area contributed by atoms with Crippen LogP contribution in [0.4, 0.5) is 0 Å². The third-order valence-corrected chi connectivity index (χ3v) is 26.0. The van der Waals surface area contributed by atoms with E-state index in [9.17, 15) is 0 Å². The molecule has 0 unspecified atom stereocenters. The van der Waals surface area contributed by atoms with Gasteiger partial charge in [-0.05, 0) is 77.0 Å². The van der Waals surface area contributed by atoms with Gasteiger partial charge in [0.15, 0.2) is 75.2 Å². The van der Waals surface area contributed by atoms with Gasteiger partial charge in [0.25, 0.3) is 0 Å². The van der Waals surface area contributed by atoms with Crippen molar-refractivity contribution < 1.29 is 46.3 Å². The monoisotopic (exact) mass is 2280 g/mol. The second-order valence-corrected chi connectivity index (χ2v) is 40.9. The molecule has 12 nitrogen and oxygen atoms in total. The molecule has 0 aliphatic rings.